The fraction of sp³-hybridized carbons (Fsp3) is 0.318. The number of esters is 1. The normalized spacial score (nSPS) is 11.9. The Balaban J connectivity index is 1.98. The SMILES string of the molecule is CC(C)(C)OC(=O)NCCC(=O)O[C@@H](C(=O)Nc1ccc(F)cc1)c1ccccc1. The molecule has 0 aliphatic carbocycles. The van der Waals surface area contributed by atoms with E-state index in [1.54, 1.807) is 51.1 Å². The lowest BCUT2D eigenvalue weighted by Crippen LogP contribution is -2.34. The van der Waals surface area contributed by atoms with E-state index in [4.69, 9.17) is 9.47 Å². The van der Waals surface area contributed by atoms with E-state index in [9.17, 15) is 18.8 Å². The zero-order chi connectivity index (χ0) is 22.1. The van der Waals surface area contributed by atoms with Gasteiger partial charge in [-0.3, -0.25) is 9.59 Å². The lowest BCUT2D eigenvalue weighted by atomic mass is 10.1. The summed E-state index contributed by atoms with van der Waals surface area (Å²) in [6.07, 6.45) is -2.00. The number of halogens is 1. The lowest BCUT2D eigenvalue weighted by molar-refractivity contribution is -0.154. The van der Waals surface area contributed by atoms with Gasteiger partial charge < -0.3 is 20.1 Å². The van der Waals surface area contributed by atoms with E-state index in [0.29, 0.717) is 11.3 Å². The minimum atomic E-state index is -1.20. The van der Waals surface area contributed by atoms with Gasteiger partial charge in [0.1, 0.15) is 11.4 Å². The van der Waals surface area contributed by atoms with Gasteiger partial charge >= 0.3 is 12.1 Å². The molecular weight excluding hydrogens is 391 g/mol. The fourth-order valence-electron chi connectivity index (χ4n) is 2.41. The maximum Gasteiger partial charge on any atom is 0.407 e. The monoisotopic (exact) mass is 416 g/mol. The number of alkyl carbamates (subject to hydrolysis) is 1. The molecule has 0 aliphatic rings. The average Bonchev–Trinajstić information content (AvgIpc) is 2.67. The highest BCUT2D eigenvalue weighted by molar-refractivity contribution is 5.96. The van der Waals surface area contributed by atoms with E-state index < -0.39 is 35.5 Å². The van der Waals surface area contributed by atoms with Crippen LogP contribution >= 0.6 is 0 Å². The average molecular weight is 416 g/mol. The number of anilines is 1. The summed E-state index contributed by atoms with van der Waals surface area (Å²) in [7, 11) is 0. The Kier molecular flexibility index (Phi) is 7.91. The third-order valence-corrected chi connectivity index (χ3v) is 3.70. The van der Waals surface area contributed by atoms with E-state index in [1.807, 2.05) is 0 Å². The van der Waals surface area contributed by atoms with Crippen molar-refractivity contribution in [2.75, 3.05) is 11.9 Å². The van der Waals surface area contributed by atoms with E-state index >= 15 is 0 Å². The van der Waals surface area contributed by atoms with Gasteiger partial charge in [-0.1, -0.05) is 30.3 Å². The van der Waals surface area contributed by atoms with Crippen molar-refractivity contribution in [2.45, 2.75) is 38.9 Å². The Morgan fingerprint density at radius 1 is 1.00 bits per heavy atom. The van der Waals surface area contributed by atoms with Crippen LogP contribution in [0.4, 0.5) is 14.9 Å². The topological polar surface area (TPSA) is 93.7 Å². The highest BCUT2D eigenvalue weighted by Gasteiger charge is 2.25. The zero-order valence-electron chi connectivity index (χ0n) is 17.1. The Labute approximate surface area is 174 Å². The second-order valence-corrected chi connectivity index (χ2v) is 7.46. The van der Waals surface area contributed by atoms with Crippen LogP contribution in [0.2, 0.25) is 0 Å². The fourth-order valence-corrected chi connectivity index (χ4v) is 2.41. The molecule has 160 valence electrons. The smallest absolute Gasteiger partial charge is 0.407 e. The predicted octanol–water partition coefficient (Wildman–Crippen LogP) is 3.96. The largest absolute Gasteiger partial charge is 0.447 e. The Hall–Kier alpha value is -3.42. The lowest BCUT2D eigenvalue weighted by Gasteiger charge is -2.20. The highest BCUT2D eigenvalue weighted by Crippen LogP contribution is 2.21. The van der Waals surface area contributed by atoms with Crippen molar-refractivity contribution in [3.8, 4) is 0 Å². The van der Waals surface area contributed by atoms with Gasteiger partial charge in [0.2, 0.25) is 6.10 Å². The van der Waals surface area contributed by atoms with Crippen molar-refractivity contribution in [1.82, 2.24) is 5.32 Å². The number of nitrogens with one attached hydrogen (secondary N) is 2. The number of carbonyl (C=O) groups excluding carboxylic acids is 3. The van der Waals surface area contributed by atoms with Crippen LogP contribution in [0.25, 0.3) is 0 Å². The van der Waals surface area contributed by atoms with Crippen molar-refractivity contribution < 1.29 is 28.2 Å². The predicted molar refractivity (Wildman–Crippen MR) is 109 cm³/mol. The van der Waals surface area contributed by atoms with Crippen molar-refractivity contribution >= 4 is 23.7 Å². The second-order valence-electron chi connectivity index (χ2n) is 7.46. The molecule has 1 atom stereocenters. The minimum absolute atomic E-state index is 0.00512. The molecule has 2 N–H and O–H groups in total. The summed E-state index contributed by atoms with van der Waals surface area (Å²) in [4.78, 5) is 36.6. The van der Waals surface area contributed by atoms with Gasteiger partial charge in [0.05, 0.1) is 6.42 Å². The number of hydrogen-bond donors (Lipinski definition) is 2. The standard InChI is InChI=1S/C22H25FN2O5/c1-22(2,3)30-21(28)24-14-13-18(26)29-19(15-7-5-4-6-8-15)20(27)25-17-11-9-16(23)10-12-17/h4-12,19H,13-14H2,1-3H3,(H,24,28)(H,25,27)/t19-/m1/s1. The summed E-state index contributed by atoms with van der Waals surface area (Å²) >= 11 is 0. The quantitative estimate of drug-likeness (QED) is 0.667. The summed E-state index contributed by atoms with van der Waals surface area (Å²) in [6.45, 7) is 5.18. The van der Waals surface area contributed by atoms with Crippen LogP contribution in [0.3, 0.4) is 0 Å². The van der Waals surface area contributed by atoms with Crippen molar-refractivity contribution in [3.05, 3.63) is 66.0 Å². The Bertz CT molecular complexity index is 863. The molecule has 0 aromatic heterocycles. The van der Waals surface area contributed by atoms with Crippen LogP contribution in [0.5, 0.6) is 0 Å². The number of amides is 2. The summed E-state index contributed by atoms with van der Waals surface area (Å²) in [5.74, 6) is -1.69. The van der Waals surface area contributed by atoms with E-state index in [2.05, 4.69) is 10.6 Å². The molecule has 0 aliphatic heterocycles. The van der Waals surface area contributed by atoms with Gasteiger partial charge in [0, 0.05) is 17.8 Å². The van der Waals surface area contributed by atoms with Gasteiger partial charge in [-0.15, -0.1) is 0 Å². The Morgan fingerprint density at radius 3 is 2.23 bits per heavy atom. The molecule has 2 amide bonds. The van der Waals surface area contributed by atoms with Crippen LogP contribution in [0.1, 0.15) is 38.9 Å². The molecule has 0 fully saturated rings. The summed E-state index contributed by atoms with van der Waals surface area (Å²) < 4.78 is 23.5. The van der Waals surface area contributed by atoms with Crippen molar-refractivity contribution in [3.63, 3.8) is 0 Å². The van der Waals surface area contributed by atoms with Gasteiger partial charge in [0.25, 0.3) is 5.91 Å². The summed E-state index contributed by atoms with van der Waals surface area (Å²) in [5, 5.41) is 5.06. The molecule has 0 spiro atoms. The van der Waals surface area contributed by atoms with Crippen LogP contribution in [-0.2, 0) is 19.1 Å². The third-order valence-electron chi connectivity index (χ3n) is 3.70. The first kappa shape index (κ1) is 22.9. The molecule has 2 aromatic carbocycles. The van der Waals surface area contributed by atoms with E-state index in [1.165, 1.54) is 24.3 Å². The zero-order valence-corrected chi connectivity index (χ0v) is 17.1. The molecule has 0 unspecified atom stereocenters. The first-order valence-electron chi connectivity index (χ1n) is 9.42. The highest BCUT2D eigenvalue weighted by atomic mass is 19.1. The van der Waals surface area contributed by atoms with Gasteiger partial charge in [-0.2, -0.15) is 0 Å². The van der Waals surface area contributed by atoms with Gasteiger partial charge in [-0.05, 0) is 45.0 Å². The molecule has 8 heteroatoms. The maximum atomic E-state index is 13.1. The summed E-state index contributed by atoms with van der Waals surface area (Å²) in [5.41, 5.74) is 0.192. The first-order valence-corrected chi connectivity index (χ1v) is 9.42. The molecular formula is C22H25FN2O5. The van der Waals surface area contributed by atoms with E-state index in [0.717, 1.165) is 0 Å². The molecule has 0 bridgehead atoms. The number of hydrogen-bond acceptors (Lipinski definition) is 5. The molecule has 0 saturated carbocycles. The molecule has 0 saturated heterocycles. The second kappa shape index (κ2) is 10.4. The van der Waals surface area contributed by atoms with Crippen LogP contribution in [-0.4, -0.2) is 30.1 Å². The summed E-state index contributed by atoms with van der Waals surface area (Å²) in [6, 6.07) is 13.7. The number of carbonyl (C=O) groups is 3. The number of ether oxygens (including phenoxy) is 2. The minimum Gasteiger partial charge on any atom is -0.447 e. The molecule has 7 nitrogen and oxygen atoms in total. The van der Waals surface area contributed by atoms with Crippen LogP contribution < -0.4 is 10.6 Å². The van der Waals surface area contributed by atoms with Crippen LogP contribution in [0.15, 0.2) is 54.6 Å². The molecule has 0 heterocycles. The number of benzene rings is 2. The molecule has 30 heavy (non-hydrogen) atoms. The third kappa shape index (κ3) is 7.90. The van der Waals surface area contributed by atoms with Gasteiger partial charge in [0.15, 0.2) is 0 Å². The first-order chi connectivity index (χ1) is 14.1. The van der Waals surface area contributed by atoms with Gasteiger partial charge in [-0.25, -0.2) is 9.18 Å². The number of rotatable bonds is 7. The Morgan fingerprint density at radius 2 is 1.63 bits per heavy atom. The van der Waals surface area contributed by atoms with Crippen LogP contribution in [0, 0.1) is 5.82 Å². The van der Waals surface area contributed by atoms with Crippen molar-refractivity contribution in [1.29, 1.82) is 0 Å². The molecule has 2 rings (SSSR count). The maximum absolute atomic E-state index is 13.1. The van der Waals surface area contributed by atoms with E-state index in [-0.39, 0.29) is 13.0 Å². The molecule has 2 aromatic rings. The molecule has 0 radical (unpaired) electrons. The van der Waals surface area contributed by atoms with Crippen molar-refractivity contribution in [2.24, 2.45) is 0 Å².